The van der Waals surface area contributed by atoms with Crippen LogP contribution in [0.15, 0.2) is 48.5 Å². The van der Waals surface area contributed by atoms with Gasteiger partial charge in [-0.2, -0.15) is 0 Å². The van der Waals surface area contributed by atoms with Crippen LogP contribution in [0, 0.1) is 6.92 Å². The van der Waals surface area contributed by atoms with E-state index in [1.54, 1.807) is 6.92 Å². The zero-order chi connectivity index (χ0) is 13.7. The van der Waals surface area contributed by atoms with E-state index in [0.717, 1.165) is 24.2 Å². The Kier molecular flexibility index (Phi) is 4.35. The fourth-order valence-electron chi connectivity index (χ4n) is 2.04. The van der Waals surface area contributed by atoms with Crippen molar-refractivity contribution in [3.63, 3.8) is 0 Å². The fourth-order valence-corrected chi connectivity index (χ4v) is 2.04. The molecule has 2 heteroatoms. The van der Waals surface area contributed by atoms with Crippen LogP contribution >= 0.6 is 0 Å². The molecule has 2 nitrogen and oxygen atoms in total. The third kappa shape index (κ3) is 3.95. The second kappa shape index (κ2) is 6.19. The summed E-state index contributed by atoms with van der Waals surface area (Å²) in [4.78, 5) is 11.2. The minimum atomic E-state index is 0.103. The van der Waals surface area contributed by atoms with Crippen molar-refractivity contribution in [2.24, 2.45) is 0 Å². The molecule has 0 aromatic heterocycles. The lowest BCUT2D eigenvalue weighted by molar-refractivity contribution is 0.101. The molecule has 0 radical (unpaired) electrons. The highest BCUT2D eigenvalue weighted by Crippen LogP contribution is 2.11. The van der Waals surface area contributed by atoms with Crippen LogP contribution in [0.25, 0.3) is 0 Å². The van der Waals surface area contributed by atoms with Crippen LogP contribution in [0.2, 0.25) is 0 Å². The van der Waals surface area contributed by atoms with Gasteiger partial charge in [-0.3, -0.25) is 4.79 Å². The summed E-state index contributed by atoms with van der Waals surface area (Å²) >= 11 is 0. The van der Waals surface area contributed by atoms with Crippen LogP contribution in [-0.2, 0) is 6.42 Å². The van der Waals surface area contributed by atoms with E-state index in [1.165, 1.54) is 11.1 Å². The lowest BCUT2D eigenvalue weighted by atomic mass is 10.1. The number of hydrogen-bond donors (Lipinski definition) is 1. The first-order chi connectivity index (χ1) is 9.15. The lowest BCUT2D eigenvalue weighted by Crippen LogP contribution is -2.05. The lowest BCUT2D eigenvalue weighted by Gasteiger charge is -2.07. The van der Waals surface area contributed by atoms with E-state index in [4.69, 9.17) is 0 Å². The van der Waals surface area contributed by atoms with Crippen molar-refractivity contribution in [1.82, 2.24) is 0 Å². The van der Waals surface area contributed by atoms with Gasteiger partial charge >= 0.3 is 0 Å². The number of nitrogens with one attached hydrogen (secondary N) is 1. The third-order valence-corrected chi connectivity index (χ3v) is 3.12. The quantitative estimate of drug-likeness (QED) is 0.820. The highest BCUT2D eigenvalue weighted by atomic mass is 16.1. The summed E-state index contributed by atoms with van der Waals surface area (Å²) in [7, 11) is 0. The molecule has 0 fully saturated rings. The predicted octanol–water partition coefficient (Wildman–Crippen LogP) is 3.85. The smallest absolute Gasteiger partial charge is 0.159 e. The van der Waals surface area contributed by atoms with Gasteiger partial charge in [-0.1, -0.05) is 29.8 Å². The first-order valence-corrected chi connectivity index (χ1v) is 6.55. The highest BCUT2D eigenvalue weighted by Gasteiger charge is 1.99. The topological polar surface area (TPSA) is 29.1 Å². The number of ketones is 1. The summed E-state index contributed by atoms with van der Waals surface area (Å²) in [5, 5.41) is 3.37. The maximum Gasteiger partial charge on any atom is 0.159 e. The molecule has 0 aliphatic carbocycles. The highest BCUT2D eigenvalue weighted by molar-refractivity contribution is 5.94. The van der Waals surface area contributed by atoms with Gasteiger partial charge in [0.1, 0.15) is 0 Å². The number of anilines is 1. The van der Waals surface area contributed by atoms with Crippen LogP contribution < -0.4 is 5.32 Å². The molecule has 2 aromatic rings. The van der Waals surface area contributed by atoms with Gasteiger partial charge in [-0.05, 0) is 50.1 Å². The van der Waals surface area contributed by atoms with Crippen molar-refractivity contribution >= 4 is 11.5 Å². The maximum absolute atomic E-state index is 11.2. The first-order valence-electron chi connectivity index (χ1n) is 6.55. The van der Waals surface area contributed by atoms with E-state index in [1.807, 2.05) is 24.3 Å². The van der Waals surface area contributed by atoms with Gasteiger partial charge in [-0.15, -0.1) is 0 Å². The van der Waals surface area contributed by atoms with Gasteiger partial charge in [0.25, 0.3) is 0 Å². The Balaban J connectivity index is 1.87. The van der Waals surface area contributed by atoms with Crippen LogP contribution in [0.5, 0.6) is 0 Å². The number of hydrogen-bond acceptors (Lipinski definition) is 2. The fraction of sp³-hybridized carbons (Fsp3) is 0.235. The summed E-state index contributed by atoms with van der Waals surface area (Å²) in [6.07, 6.45) is 0.996. The minimum Gasteiger partial charge on any atom is -0.385 e. The van der Waals surface area contributed by atoms with Gasteiger partial charge in [0.05, 0.1) is 0 Å². The third-order valence-electron chi connectivity index (χ3n) is 3.12. The molecular formula is C17H19NO. The van der Waals surface area contributed by atoms with E-state index in [-0.39, 0.29) is 5.78 Å². The standard InChI is InChI=1S/C17H19NO/c1-13-4-3-5-15(12-13)10-11-18-17-8-6-16(7-9-17)14(2)19/h3-9,12,18H,10-11H2,1-2H3. The van der Waals surface area contributed by atoms with Crippen molar-refractivity contribution in [3.8, 4) is 0 Å². The molecule has 0 aliphatic rings. The summed E-state index contributed by atoms with van der Waals surface area (Å²) in [5.74, 6) is 0.103. The molecule has 2 rings (SSSR count). The number of aryl methyl sites for hydroxylation is 1. The zero-order valence-electron chi connectivity index (χ0n) is 11.4. The number of carbonyl (C=O) groups excluding carboxylic acids is 1. The molecule has 0 unspecified atom stereocenters. The maximum atomic E-state index is 11.2. The molecule has 19 heavy (non-hydrogen) atoms. The number of carbonyl (C=O) groups is 1. The van der Waals surface area contributed by atoms with Gasteiger partial charge < -0.3 is 5.32 Å². The number of benzene rings is 2. The van der Waals surface area contributed by atoms with E-state index in [9.17, 15) is 4.79 Å². The molecule has 98 valence electrons. The van der Waals surface area contributed by atoms with Gasteiger partial charge in [-0.25, -0.2) is 0 Å². The van der Waals surface area contributed by atoms with Crippen LogP contribution in [0.1, 0.15) is 28.4 Å². The summed E-state index contributed by atoms with van der Waals surface area (Å²) < 4.78 is 0. The second-order valence-electron chi connectivity index (χ2n) is 4.80. The average Bonchev–Trinajstić information content (AvgIpc) is 2.39. The summed E-state index contributed by atoms with van der Waals surface area (Å²) in [6.45, 7) is 4.58. The molecule has 0 bridgehead atoms. The largest absolute Gasteiger partial charge is 0.385 e. The van der Waals surface area contributed by atoms with Crippen molar-refractivity contribution in [2.45, 2.75) is 20.3 Å². The SMILES string of the molecule is CC(=O)c1ccc(NCCc2cccc(C)c2)cc1. The van der Waals surface area contributed by atoms with Gasteiger partial charge in [0, 0.05) is 17.8 Å². The summed E-state index contributed by atoms with van der Waals surface area (Å²) in [5.41, 5.74) is 4.44. The molecule has 0 saturated heterocycles. The van der Waals surface area contributed by atoms with Gasteiger partial charge in [0.15, 0.2) is 5.78 Å². The normalized spacial score (nSPS) is 10.2. The second-order valence-corrected chi connectivity index (χ2v) is 4.80. The predicted molar refractivity (Wildman–Crippen MR) is 79.8 cm³/mol. The van der Waals surface area contributed by atoms with Crippen molar-refractivity contribution in [1.29, 1.82) is 0 Å². The van der Waals surface area contributed by atoms with Crippen LogP contribution in [0.3, 0.4) is 0 Å². The Morgan fingerprint density at radius 2 is 1.84 bits per heavy atom. The van der Waals surface area contributed by atoms with E-state index in [0.29, 0.717) is 0 Å². The zero-order valence-corrected chi connectivity index (χ0v) is 11.4. The van der Waals surface area contributed by atoms with E-state index >= 15 is 0 Å². The molecule has 0 aliphatic heterocycles. The number of Topliss-reactive ketones (excluding diaryl/α,β-unsaturated/α-hetero) is 1. The Morgan fingerprint density at radius 3 is 2.47 bits per heavy atom. The minimum absolute atomic E-state index is 0.103. The number of rotatable bonds is 5. The monoisotopic (exact) mass is 253 g/mol. The van der Waals surface area contributed by atoms with E-state index in [2.05, 4.69) is 36.5 Å². The van der Waals surface area contributed by atoms with E-state index < -0.39 is 0 Å². The van der Waals surface area contributed by atoms with Crippen LogP contribution in [-0.4, -0.2) is 12.3 Å². The first kappa shape index (κ1) is 13.3. The van der Waals surface area contributed by atoms with Crippen LogP contribution in [0.4, 0.5) is 5.69 Å². The summed E-state index contributed by atoms with van der Waals surface area (Å²) in [6, 6.07) is 16.2. The molecule has 0 heterocycles. The molecule has 0 amide bonds. The molecule has 2 aromatic carbocycles. The Hall–Kier alpha value is -2.09. The van der Waals surface area contributed by atoms with Gasteiger partial charge in [0.2, 0.25) is 0 Å². The van der Waals surface area contributed by atoms with Crippen molar-refractivity contribution < 1.29 is 4.79 Å². The molecular weight excluding hydrogens is 234 g/mol. The molecule has 0 atom stereocenters. The Morgan fingerprint density at radius 1 is 1.11 bits per heavy atom. The Labute approximate surface area is 114 Å². The Bertz CT molecular complexity index is 558. The molecule has 0 saturated carbocycles. The average molecular weight is 253 g/mol. The van der Waals surface area contributed by atoms with Crippen molar-refractivity contribution in [2.75, 3.05) is 11.9 Å². The molecule has 0 spiro atoms. The molecule has 1 N–H and O–H groups in total. The van der Waals surface area contributed by atoms with Crippen molar-refractivity contribution in [3.05, 3.63) is 65.2 Å².